The van der Waals surface area contributed by atoms with Crippen LogP contribution in [0, 0.1) is 17.8 Å². The highest BCUT2D eigenvalue weighted by Crippen LogP contribution is 2.16. The van der Waals surface area contributed by atoms with Crippen LogP contribution >= 0.6 is 0 Å². The molecular weight excluding hydrogens is 1050 g/mol. The number of benzene rings is 1. The fourth-order valence-electron chi connectivity index (χ4n) is 8.89. The van der Waals surface area contributed by atoms with Crippen LogP contribution in [0.15, 0.2) is 24.3 Å². The fourth-order valence-corrected chi connectivity index (χ4v) is 8.89. The molecule has 1 aromatic rings. The van der Waals surface area contributed by atoms with Crippen molar-refractivity contribution in [1.82, 2.24) is 47.9 Å². The molecule has 0 radical (unpaired) electrons. The van der Waals surface area contributed by atoms with E-state index in [1.165, 1.54) is 37.8 Å². The van der Waals surface area contributed by atoms with Crippen molar-refractivity contribution in [3.8, 4) is 5.75 Å². The van der Waals surface area contributed by atoms with E-state index in [1.807, 2.05) is 0 Å². The Morgan fingerprint density at radius 3 is 1.27 bits per heavy atom. The molecule has 0 saturated carbocycles. The highest BCUT2D eigenvalue weighted by molar-refractivity contribution is 5.97. The summed E-state index contributed by atoms with van der Waals surface area (Å²) in [5.74, 6) is -8.08. The van der Waals surface area contributed by atoms with E-state index in [2.05, 4.69) is 54.8 Å². The van der Waals surface area contributed by atoms with Gasteiger partial charge in [-0.05, 0) is 119 Å². The van der Waals surface area contributed by atoms with Gasteiger partial charge in [-0.2, -0.15) is 0 Å². The molecule has 24 nitrogen and oxygen atoms in total. The molecule has 0 aromatic heterocycles. The first kappa shape index (κ1) is 73.6. The number of phenols is 1. The zero-order valence-corrected chi connectivity index (χ0v) is 50.1. The van der Waals surface area contributed by atoms with Crippen molar-refractivity contribution in [3.63, 3.8) is 0 Å². The van der Waals surface area contributed by atoms with E-state index in [9.17, 15) is 53.1 Å². The van der Waals surface area contributed by atoms with Crippen molar-refractivity contribution in [3.05, 3.63) is 29.8 Å². The zero-order valence-electron chi connectivity index (χ0n) is 50.1. The van der Waals surface area contributed by atoms with Crippen molar-refractivity contribution in [2.24, 2.45) is 40.7 Å². The van der Waals surface area contributed by atoms with Gasteiger partial charge in [0.2, 0.25) is 59.1 Å². The lowest BCUT2D eigenvalue weighted by Gasteiger charge is -2.30. The van der Waals surface area contributed by atoms with Gasteiger partial charge in [0.1, 0.15) is 48.0 Å². The van der Waals surface area contributed by atoms with Crippen molar-refractivity contribution >= 4 is 59.1 Å². The van der Waals surface area contributed by atoms with Gasteiger partial charge in [-0.3, -0.25) is 47.9 Å². The first-order chi connectivity index (χ1) is 39.0. The highest BCUT2D eigenvalue weighted by Gasteiger charge is 2.35. The molecule has 0 spiro atoms. The minimum Gasteiger partial charge on any atom is -0.508 e. The smallest absolute Gasteiger partial charge is 0.243 e. The third-order valence-electron chi connectivity index (χ3n) is 13.9. The van der Waals surface area contributed by atoms with Crippen LogP contribution in [0.2, 0.25) is 0 Å². The summed E-state index contributed by atoms with van der Waals surface area (Å²) in [5, 5.41) is 33.7. The van der Waals surface area contributed by atoms with Crippen LogP contribution in [0.4, 0.5) is 0 Å². The summed E-state index contributed by atoms with van der Waals surface area (Å²) in [4.78, 5) is 134. The first-order valence-corrected chi connectivity index (χ1v) is 29.8. The van der Waals surface area contributed by atoms with Crippen molar-refractivity contribution < 1.29 is 53.1 Å². The Morgan fingerprint density at radius 1 is 0.415 bits per heavy atom. The molecule has 0 aliphatic heterocycles. The Balaban J connectivity index is 3.03. The monoisotopic (exact) mass is 1160 g/mol. The number of aromatic hydroxyl groups is 1. The number of amides is 10. The Kier molecular flexibility index (Phi) is 38.1. The number of phenolic OH excluding ortho intramolecular Hbond substituents is 1. The van der Waals surface area contributed by atoms with Crippen LogP contribution in [0.25, 0.3) is 0 Å². The highest BCUT2D eigenvalue weighted by atomic mass is 16.3. The molecule has 24 heteroatoms. The van der Waals surface area contributed by atoms with E-state index in [-0.39, 0.29) is 43.8 Å². The number of hydrogen-bond donors (Lipinski definition) is 14. The van der Waals surface area contributed by atoms with Gasteiger partial charge in [-0.15, -0.1) is 0 Å². The summed E-state index contributed by atoms with van der Waals surface area (Å²) in [7, 11) is 0. The number of hydrogen-bond acceptors (Lipinski definition) is 14. The van der Waals surface area contributed by atoms with Gasteiger partial charge in [0.25, 0.3) is 0 Å². The maximum atomic E-state index is 14.0. The van der Waals surface area contributed by atoms with E-state index in [1.54, 1.807) is 53.7 Å². The zero-order chi connectivity index (χ0) is 61.6. The molecule has 3 unspecified atom stereocenters. The lowest BCUT2D eigenvalue weighted by atomic mass is 9.97. The second kappa shape index (κ2) is 42.4. The molecule has 82 heavy (non-hydrogen) atoms. The van der Waals surface area contributed by atoms with Crippen molar-refractivity contribution in [2.45, 2.75) is 219 Å². The summed E-state index contributed by atoms with van der Waals surface area (Å²) in [5.41, 5.74) is 23.1. The average Bonchev–Trinajstić information content (AvgIpc) is 3.46. The molecule has 18 N–H and O–H groups in total. The number of nitrogens with one attached hydrogen (secondary N) is 9. The van der Waals surface area contributed by atoms with Gasteiger partial charge in [0.15, 0.2) is 0 Å². The predicted octanol–water partition coefficient (Wildman–Crippen LogP) is 1.32. The summed E-state index contributed by atoms with van der Waals surface area (Å²) < 4.78 is 0. The summed E-state index contributed by atoms with van der Waals surface area (Å²) in [6, 6.07) is -1.58. The van der Waals surface area contributed by atoms with Gasteiger partial charge in [0.05, 0.1) is 13.1 Å². The number of rotatable bonds is 45. The molecule has 1 aromatic carbocycles. The van der Waals surface area contributed by atoms with Crippen LogP contribution < -0.4 is 70.8 Å². The summed E-state index contributed by atoms with van der Waals surface area (Å²) in [6.07, 6.45) is 13.7. The number of carbonyl (C=O) groups is 10. The molecule has 10 amide bonds. The van der Waals surface area contributed by atoms with E-state index in [4.69, 9.17) is 22.9 Å². The van der Waals surface area contributed by atoms with Crippen LogP contribution in [-0.4, -0.2) is 139 Å². The predicted molar refractivity (Wildman–Crippen MR) is 316 cm³/mol. The Hall–Kier alpha value is -6.40. The van der Waals surface area contributed by atoms with E-state index < -0.39 is 126 Å². The van der Waals surface area contributed by atoms with Crippen LogP contribution in [0.3, 0.4) is 0 Å². The number of unbranched alkanes of at least 4 members (excludes halogenated alkanes) is 11. The second-order valence-corrected chi connectivity index (χ2v) is 22.3. The average molecular weight is 1160 g/mol. The molecule has 0 bridgehead atoms. The summed E-state index contributed by atoms with van der Waals surface area (Å²) >= 11 is 0. The van der Waals surface area contributed by atoms with Gasteiger partial charge in [-0.25, -0.2) is 0 Å². The molecule has 1 rings (SSSR count). The molecule has 0 aliphatic carbocycles. The third-order valence-corrected chi connectivity index (χ3v) is 13.9. The minimum atomic E-state index is -1.19. The van der Waals surface area contributed by atoms with Gasteiger partial charge in [0, 0.05) is 12.8 Å². The lowest BCUT2D eigenvalue weighted by Crippen LogP contribution is -2.61. The van der Waals surface area contributed by atoms with Crippen LogP contribution in [0.5, 0.6) is 5.75 Å². The van der Waals surface area contributed by atoms with E-state index >= 15 is 0 Å². The molecule has 0 fully saturated rings. The Bertz CT molecular complexity index is 2110. The van der Waals surface area contributed by atoms with Gasteiger partial charge in [-0.1, -0.05) is 112 Å². The molecule has 7 atom stereocenters. The standard InChI is InChI=1S/C58H103N13O11/c1-8-9-10-11-12-13-14-15-16-26-46(73)66-45(34-40-27-29-41(72)30-28-40)55(79)69-50(38(4)5)57(81)71-51(39(6)7)58(82)70-49(37(2)3)56(80)64-35-47(74)63-36-48(75)65-43(24-18-21-32-60)53(77)68-44(25-19-22-33-61)54(78)67-42(52(62)76)23-17-20-31-59/h27-30,37-39,42-45,49-51,72H,8-26,31-36,59-61H2,1-7H3,(H2,62,76)(H,63,74)(H,64,80)(H,65,75)(H,66,73)(H,67,78)(H,68,77)(H,69,79)(H,70,82)(H,71,81)/t42-,43-,44?,45-,49?,50?,51-/m0/s1. The Morgan fingerprint density at radius 2 is 0.805 bits per heavy atom. The fraction of sp³-hybridized carbons (Fsp3) is 0.724. The minimum absolute atomic E-state index is 0.0352. The van der Waals surface area contributed by atoms with Crippen molar-refractivity contribution in [1.29, 1.82) is 0 Å². The molecule has 0 saturated heterocycles. The quantitative estimate of drug-likeness (QED) is 0.0410. The Labute approximate surface area is 486 Å². The second-order valence-electron chi connectivity index (χ2n) is 22.3. The SMILES string of the molecule is CCCCCCCCCCCC(=O)N[C@@H](Cc1ccc(O)cc1)C(=O)NC(C(=O)N[C@H](C(=O)NC(C(=O)NCC(=O)NCC(=O)N[C@@H](CCCCN)C(=O)NC(CCCCN)C(=O)N[C@@H](CCCCN)C(N)=O)C(C)C)C(C)C)C(C)C. The number of primary amides is 1. The lowest BCUT2D eigenvalue weighted by molar-refractivity contribution is -0.136. The summed E-state index contributed by atoms with van der Waals surface area (Å²) in [6.45, 7) is 12.2. The molecule has 0 heterocycles. The normalized spacial score (nSPS) is 13.8. The first-order valence-electron chi connectivity index (χ1n) is 29.8. The largest absolute Gasteiger partial charge is 0.508 e. The third kappa shape index (κ3) is 31.1. The van der Waals surface area contributed by atoms with Crippen molar-refractivity contribution in [2.75, 3.05) is 32.7 Å². The van der Waals surface area contributed by atoms with Gasteiger partial charge < -0.3 is 75.9 Å². The molecular formula is C58H103N13O11. The number of carbonyl (C=O) groups excluding carboxylic acids is 10. The van der Waals surface area contributed by atoms with E-state index in [0.29, 0.717) is 70.1 Å². The van der Waals surface area contributed by atoms with Crippen LogP contribution in [-0.2, 0) is 54.4 Å². The maximum Gasteiger partial charge on any atom is 0.243 e. The van der Waals surface area contributed by atoms with E-state index in [0.717, 1.165) is 25.7 Å². The number of nitrogens with two attached hydrogens (primary N) is 4. The van der Waals surface area contributed by atoms with Crippen LogP contribution in [0.1, 0.15) is 176 Å². The molecule has 0 aliphatic rings. The van der Waals surface area contributed by atoms with Gasteiger partial charge >= 0.3 is 0 Å². The molecule has 466 valence electrons. The maximum absolute atomic E-state index is 14.0. The topological polar surface area (TPSA) is 403 Å².